The summed E-state index contributed by atoms with van der Waals surface area (Å²) in [5, 5.41) is 3.30. The van der Waals surface area contributed by atoms with Crippen LogP contribution in [0.3, 0.4) is 0 Å². The Hall–Kier alpha value is -1.59. The molecule has 0 aliphatic carbocycles. The van der Waals surface area contributed by atoms with Crippen molar-refractivity contribution in [3.8, 4) is 5.75 Å². The summed E-state index contributed by atoms with van der Waals surface area (Å²) in [6.45, 7) is 6.19. The van der Waals surface area contributed by atoms with Crippen molar-refractivity contribution in [2.45, 2.75) is 19.4 Å². The zero-order valence-electron chi connectivity index (χ0n) is 12.8. The van der Waals surface area contributed by atoms with E-state index in [0.29, 0.717) is 6.61 Å². The second-order valence-corrected chi connectivity index (χ2v) is 5.13. The summed E-state index contributed by atoms with van der Waals surface area (Å²) >= 11 is 0. The average molecular weight is 292 g/mol. The molecule has 5 nitrogen and oxygen atoms in total. The number of hydrogen-bond donors (Lipinski definition) is 1. The topological polar surface area (TPSA) is 50.8 Å². The first-order valence-corrected chi connectivity index (χ1v) is 7.51. The van der Waals surface area contributed by atoms with Crippen LogP contribution in [0.5, 0.6) is 5.75 Å². The fourth-order valence-electron chi connectivity index (χ4n) is 2.54. The molecule has 0 radical (unpaired) electrons. The second kappa shape index (κ2) is 8.00. The van der Waals surface area contributed by atoms with E-state index in [1.54, 1.807) is 0 Å². The first-order chi connectivity index (χ1) is 10.3. The molecule has 0 saturated carbocycles. The molecule has 1 aromatic carbocycles. The van der Waals surface area contributed by atoms with Crippen LogP contribution in [0, 0.1) is 0 Å². The van der Waals surface area contributed by atoms with E-state index in [-0.39, 0.29) is 12.0 Å². The van der Waals surface area contributed by atoms with E-state index >= 15 is 0 Å². The lowest BCUT2D eigenvalue weighted by molar-refractivity contribution is -0.147. The summed E-state index contributed by atoms with van der Waals surface area (Å²) in [6, 6.07) is 7.40. The highest BCUT2D eigenvalue weighted by Gasteiger charge is 2.29. The van der Waals surface area contributed by atoms with Gasteiger partial charge < -0.3 is 14.8 Å². The fourth-order valence-corrected chi connectivity index (χ4v) is 2.54. The van der Waals surface area contributed by atoms with Gasteiger partial charge in [-0.25, -0.2) is 4.79 Å². The van der Waals surface area contributed by atoms with Crippen molar-refractivity contribution in [2.24, 2.45) is 0 Å². The molecule has 1 fully saturated rings. The third-order valence-corrected chi connectivity index (χ3v) is 3.59. The minimum absolute atomic E-state index is 0.218. The number of ether oxygens (including phenoxy) is 2. The largest absolute Gasteiger partial charge is 0.494 e. The fraction of sp³-hybridized carbons (Fsp3) is 0.562. The molecule has 5 heteroatoms. The van der Waals surface area contributed by atoms with Gasteiger partial charge in [0.1, 0.15) is 11.8 Å². The Morgan fingerprint density at radius 2 is 2.14 bits per heavy atom. The van der Waals surface area contributed by atoms with Crippen LogP contribution in [-0.2, 0) is 9.53 Å². The van der Waals surface area contributed by atoms with E-state index in [1.165, 1.54) is 7.11 Å². The van der Waals surface area contributed by atoms with Gasteiger partial charge in [0, 0.05) is 26.2 Å². The van der Waals surface area contributed by atoms with E-state index in [0.717, 1.165) is 43.9 Å². The number of nitrogens with one attached hydrogen (secondary N) is 1. The molecule has 1 saturated heterocycles. The number of nitrogens with zero attached hydrogens (tertiary/aromatic N) is 1. The molecular formula is C16H24N2O3. The Labute approximate surface area is 126 Å². The second-order valence-electron chi connectivity index (χ2n) is 5.13. The van der Waals surface area contributed by atoms with Gasteiger partial charge >= 0.3 is 5.97 Å². The quantitative estimate of drug-likeness (QED) is 0.807. The molecule has 0 spiro atoms. The van der Waals surface area contributed by atoms with E-state index in [9.17, 15) is 4.79 Å². The summed E-state index contributed by atoms with van der Waals surface area (Å²) in [5.41, 5.74) is 0.928. The Bertz CT molecular complexity index is 459. The third-order valence-electron chi connectivity index (χ3n) is 3.59. The van der Waals surface area contributed by atoms with Gasteiger partial charge in [0.2, 0.25) is 0 Å². The first kappa shape index (κ1) is 15.8. The predicted octanol–water partition coefficient (Wildman–Crippen LogP) is 1.59. The van der Waals surface area contributed by atoms with Crippen LogP contribution in [0.2, 0.25) is 0 Å². The highest BCUT2D eigenvalue weighted by Crippen LogP contribution is 2.26. The number of hydrogen-bond acceptors (Lipinski definition) is 5. The van der Waals surface area contributed by atoms with E-state index in [1.807, 2.05) is 24.3 Å². The zero-order valence-corrected chi connectivity index (χ0v) is 12.8. The summed E-state index contributed by atoms with van der Waals surface area (Å²) in [5.74, 6) is 0.586. The first-order valence-electron chi connectivity index (χ1n) is 7.51. The third kappa shape index (κ3) is 4.19. The Morgan fingerprint density at radius 1 is 1.38 bits per heavy atom. The number of rotatable bonds is 6. The number of carbonyl (C=O) groups is 1. The smallest absolute Gasteiger partial charge is 0.327 e. The van der Waals surface area contributed by atoms with Gasteiger partial charge in [-0.3, -0.25) is 4.90 Å². The van der Waals surface area contributed by atoms with Gasteiger partial charge in [-0.1, -0.05) is 19.1 Å². The Morgan fingerprint density at radius 3 is 2.81 bits per heavy atom. The minimum atomic E-state index is -0.359. The number of benzene rings is 1. The monoisotopic (exact) mass is 292 g/mol. The summed E-state index contributed by atoms with van der Waals surface area (Å²) < 4.78 is 10.7. The van der Waals surface area contributed by atoms with E-state index < -0.39 is 0 Å². The molecule has 1 heterocycles. The maximum absolute atomic E-state index is 12.2. The van der Waals surface area contributed by atoms with Crippen LogP contribution in [0.4, 0.5) is 0 Å². The number of piperazine rings is 1. The predicted molar refractivity (Wildman–Crippen MR) is 81.4 cm³/mol. The highest BCUT2D eigenvalue weighted by atomic mass is 16.5. The molecule has 1 aromatic rings. The molecule has 1 unspecified atom stereocenters. The lowest BCUT2D eigenvalue weighted by atomic mass is 10.0. The van der Waals surface area contributed by atoms with Crippen molar-refractivity contribution in [1.29, 1.82) is 0 Å². The standard InChI is InChI=1S/C16H24N2O3/c1-3-11-21-14-6-4-5-13(12-14)15(16(19)20-2)18-9-7-17-8-10-18/h4-6,12,15,17H,3,7-11H2,1-2H3. The van der Waals surface area contributed by atoms with Gasteiger partial charge in [0.05, 0.1) is 13.7 Å². The van der Waals surface area contributed by atoms with Crippen LogP contribution in [-0.4, -0.2) is 50.8 Å². The maximum atomic E-state index is 12.2. The van der Waals surface area contributed by atoms with Gasteiger partial charge in [-0.2, -0.15) is 0 Å². The van der Waals surface area contributed by atoms with Crippen molar-refractivity contribution >= 4 is 5.97 Å². The van der Waals surface area contributed by atoms with Crippen LogP contribution in [0.15, 0.2) is 24.3 Å². The lowest BCUT2D eigenvalue weighted by Crippen LogP contribution is -2.47. The van der Waals surface area contributed by atoms with Gasteiger partial charge in [0.15, 0.2) is 0 Å². The van der Waals surface area contributed by atoms with Crippen LogP contribution in [0.1, 0.15) is 24.9 Å². The average Bonchev–Trinajstić information content (AvgIpc) is 2.54. The SMILES string of the molecule is CCCOc1cccc(C(C(=O)OC)N2CCNCC2)c1. The van der Waals surface area contributed by atoms with Crippen LogP contribution < -0.4 is 10.1 Å². The summed E-state index contributed by atoms with van der Waals surface area (Å²) in [4.78, 5) is 14.4. The highest BCUT2D eigenvalue weighted by molar-refractivity contribution is 5.77. The number of carbonyl (C=O) groups excluding carboxylic acids is 1. The van der Waals surface area contributed by atoms with Crippen molar-refractivity contribution in [1.82, 2.24) is 10.2 Å². The van der Waals surface area contributed by atoms with Crippen molar-refractivity contribution < 1.29 is 14.3 Å². The van der Waals surface area contributed by atoms with Crippen molar-refractivity contribution in [2.75, 3.05) is 39.9 Å². The maximum Gasteiger partial charge on any atom is 0.327 e. The summed E-state index contributed by atoms with van der Waals surface area (Å²) in [7, 11) is 1.44. The van der Waals surface area contributed by atoms with Gasteiger partial charge in [-0.15, -0.1) is 0 Å². The molecule has 0 amide bonds. The molecule has 1 atom stereocenters. The van der Waals surface area contributed by atoms with Gasteiger partial charge in [0.25, 0.3) is 0 Å². The summed E-state index contributed by atoms with van der Waals surface area (Å²) in [6.07, 6.45) is 0.961. The molecule has 1 aliphatic rings. The Balaban J connectivity index is 2.21. The van der Waals surface area contributed by atoms with Gasteiger partial charge in [-0.05, 0) is 24.1 Å². The normalized spacial score (nSPS) is 17.2. The van der Waals surface area contributed by atoms with Crippen LogP contribution in [0.25, 0.3) is 0 Å². The minimum Gasteiger partial charge on any atom is -0.494 e. The molecule has 2 rings (SSSR count). The van der Waals surface area contributed by atoms with Crippen molar-refractivity contribution in [3.05, 3.63) is 29.8 Å². The van der Waals surface area contributed by atoms with E-state index in [4.69, 9.17) is 9.47 Å². The molecule has 1 N–H and O–H groups in total. The molecule has 1 aliphatic heterocycles. The molecule has 116 valence electrons. The molecule has 0 aromatic heterocycles. The molecular weight excluding hydrogens is 268 g/mol. The van der Waals surface area contributed by atoms with Crippen molar-refractivity contribution in [3.63, 3.8) is 0 Å². The molecule has 21 heavy (non-hydrogen) atoms. The van der Waals surface area contributed by atoms with E-state index in [2.05, 4.69) is 17.1 Å². The lowest BCUT2D eigenvalue weighted by Gasteiger charge is -2.33. The molecule has 0 bridgehead atoms. The van der Waals surface area contributed by atoms with Crippen LogP contribution >= 0.6 is 0 Å². The Kier molecular flexibility index (Phi) is 6.02. The number of methoxy groups -OCH3 is 1. The number of esters is 1. The zero-order chi connectivity index (χ0) is 15.1.